The zero-order chi connectivity index (χ0) is 12.7. The van der Waals surface area contributed by atoms with Crippen LogP contribution < -0.4 is 10.6 Å². The fourth-order valence-electron chi connectivity index (χ4n) is 1.45. The summed E-state index contributed by atoms with van der Waals surface area (Å²) in [5, 5.41) is 8.19. The quantitative estimate of drug-likeness (QED) is 0.785. The summed E-state index contributed by atoms with van der Waals surface area (Å²) in [5.74, 6) is 0.711. The molecule has 2 N–H and O–H groups in total. The molecule has 0 fully saturated rings. The molecule has 4 heteroatoms. The predicted octanol–water partition coefficient (Wildman–Crippen LogP) is 2.56. The summed E-state index contributed by atoms with van der Waals surface area (Å²) in [4.78, 5) is 12.8. The lowest BCUT2D eigenvalue weighted by molar-refractivity contribution is -0.120. The second-order valence-corrected chi connectivity index (χ2v) is 5.63. The van der Waals surface area contributed by atoms with Crippen molar-refractivity contribution in [1.82, 2.24) is 10.6 Å². The zero-order valence-electron chi connectivity index (χ0n) is 10.8. The number of nitrogens with one attached hydrogen (secondary N) is 2. The van der Waals surface area contributed by atoms with E-state index in [1.807, 2.05) is 6.07 Å². The van der Waals surface area contributed by atoms with Crippen molar-refractivity contribution in [2.24, 2.45) is 5.92 Å². The average Bonchev–Trinajstić information content (AvgIpc) is 2.78. The molecule has 1 amide bonds. The van der Waals surface area contributed by atoms with Crippen molar-refractivity contribution in [3.63, 3.8) is 0 Å². The summed E-state index contributed by atoms with van der Waals surface area (Å²) in [7, 11) is 0. The molecule has 1 aromatic heterocycles. The van der Waals surface area contributed by atoms with Crippen LogP contribution in [0.1, 0.15) is 38.1 Å². The number of carbonyl (C=O) groups excluding carboxylic acids is 1. The van der Waals surface area contributed by atoms with Gasteiger partial charge in [0, 0.05) is 17.5 Å². The van der Waals surface area contributed by atoms with Gasteiger partial charge in [0.15, 0.2) is 0 Å². The van der Waals surface area contributed by atoms with Crippen molar-refractivity contribution in [1.29, 1.82) is 0 Å². The molecule has 0 aliphatic rings. The highest BCUT2D eigenvalue weighted by Crippen LogP contribution is 2.17. The minimum Gasteiger partial charge on any atom is -0.355 e. The third-order valence-corrected chi connectivity index (χ3v) is 3.64. The number of thiophene rings is 1. The zero-order valence-corrected chi connectivity index (χ0v) is 11.6. The first-order chi connectivity index (χ1) is 8.09. The summed E-state index contributed by atoms with van der Waals surface area (Å²) in [5.41, 5.74) is 0. The van der Waals surface area contributed by atoms with Crippen LogP contribution in [0.2, 0.25) is 0 Å². The van der Waals surface area contributed by atoms with Crippen LogP contribution in [0.5, 0.6) is 0 Å². The van der Waals surface area contributed by atoms with Crippen molar-refractivity contribution in [2.75, 3.05) is 13.1 Å². The van der Waals surface area contributed by atoms with Crippen molar-refractivity contribution >= 4 is 17.2 Å². The van der Waals surface area contributed by atoms with Gasteiger partial charge in [-0.3, -0.25) is 4.79 Å². The van der Waals surface area contributed by atoms with Gasteiger partial charge in [0.05, 0.1) is 6.54 Å². The largest absolute Gasteiger partial charge is 0.355 e. The molecule has 96 valence electrons. The summed E-state index contributed by atoms with van der Waals surface area (Å²) in [6, 6.07) is 4.35. The number of rotatable bonds is 7. The third kappa shape index (κ3) is 5.84. The minimum absolute atomic E-state index is 0.0778. The van der Waals surface area contributed by atoms with E-state index < -0.39 is 0 Å². The Bertz CT molecular complexity index is 322. The van der Waals surface area contributed by atoms with Crippen LogP contribution >= 0.6 is 11.3 Å². The molecule has 17 heavy (non-hydrogen) atoms. The Morgan fingerprint density at radius 1 is 1.41 bits per heavy atom. The molecule has 1 rings (SSSR count). The molecule has 0 radical (unpaired) electrons. The Labute approximate surface area is 108 Å². The summed E-state index contributed by atoms with van der Waals surface area (Å²) >= 11 is 1.71. The highest BCUT2D eigenvalue weighted by molar-refractivity contribution is 7.10. The van der Waals surface area contributed by atoms with E-state index >= 15 is 0 Å². The van der Waals surface area contributed by atoms with Crippen LogP contribution in [0.15, 0.2) is 17.5 Å². The van der Waals surface area contributed by atoms with Crippen LogP contribution in [0.4, 0.5) is 0 Å². The van der Waals surface area contributed by atoms with E-state index in [0.717, 1.165) is 13.0 Å². The monoisotopic (exact) mass is 254 g/mol. The molecular formula is C13H22N2OS. The second-order valence-electron chi connectivity index (χ2n) is 4.65. The molecule has 1 atom stereocenters. The van der Waals surface area contributed by atoms with Gasteiger partial charge < -0.3 is 10.6 Å². The molecule has 0 aromatic carbocycles. The highest BCUT2D eigenvalue weighted by atomic mass is 32.1. The lowest BCUT2D eigenvalue weighted by atomic mass is 10.1. The molecule has 0 aliphatic carbocycles. The first kappa shape index (κ1) is 14.2. The fraction of sp³-hybridized carbons (Fsp3) is 0.615. The van der Waals surface area contributed by atoms with Crippen molar-refractivity contribution in [3.05, 3.63) is 22.4 Å². The Hall–Kier alpha value is -0.870. The Balaban J connectivity index is 2.15. The van der Waals surface area contributed by atoms with Gasteiger partial charge in [0.2, 0.25) is 5.91 Å². The molecule has 1 heterocycles. The Morgan fingerprint density at radius 2 is 2.18 bits per heavy atom. The SMILES string of the molecule is CC(C)CCNC(=O)CN[C@H](C)c1cccs1. The van der Waals surface area contributed by atoms with Crippen LogP contribution in [0, 0.1) is 5.92 Å². The van der Waals surface area contributed by atoms with Gasteiger partial charge in [-0.05, 0) is 30.7 Å². The number of hydrogen-bond donors (Lipinski definition) is 2. The standard InChI is InChI=1S/C13H22N2OS/c1-10(2)6-7-14-13(16)9-15-11(3)12-5-4-8-17-12/h4-5,8,10-11,15H,6-7,9H2,1-3H3,(H,14,16)/t11-/m1/s1. The maximum absolute atomic E-state index is 11.5. The van der Waals surface area contributed by atoms with Crippen molar-refractivity contribution in [2.45, 2.75) is 33.2 Å². The van der Waals surface area contributed by atoms with Crippen LogP contribution in [-0.2, 0) is 4.79 Å². The number of amides is 1. The van der Waals surface area contributed by atoms with Gasteiger partial charge in [-0.2, -0.15) is 0 Å². The lowest BCUT2D eigenvalue weighted by Crippen LogP contribution is -2.35. The van der Waals surface area contributed by atoms with Gasteiger partial charge in [-0.15, -0.1) is 11.3 Å². The second kappa shape index (κ2) is 7.45. The maximum Gasteiger partial charge on any atom is 0.233 e. The molecule has 0 saturated carbocycles. The predicted molar refractivity (Wildman–Crippen MR) is 73.2 cm³/mol. The highest BCUT2D eigenvalue weighted by Gasteiger charge is 2.07. The van der Waals surface area contributed by atoms with E-state index in [-0.39, 0.29) is 11.9 Å². The van der Waals surface area contributed by atoms with Gasteiger partial charge in [-0.1, -0.05) is 19.9 Å². The normalized spacial score (nSPS) is 12.7. The van der Waals surface area contributed by atoms with Crippen molar-refractivity contribution < 1.29 is 4.79 Å². The molecule has 0 saturated heterocycles. The van der Waals surface area contributed by atoms with E-state index in [4.69, 9.17) is 0 Å². The van der Waals surface area contributed by atoms with Crippen LogP contribution in [-0.4, -0.2) is 19.0 Å². The van der Waals surface area contributed by atoms with Gasteiger partial charge >= 0.3 is 0 Å². The lowest BCUT2D eigenvalue weighted by Gasteiger charge is -2.12. The minimum atomic E-state index is 0.0778. The molecule has 1 aromatic rings. The third-order valence-electron chi connectivity index (χ3n) is 2.58. The smallest absolute Gasteiger partial charge is 0.233 e. The molecule has 0 spiro atoms. The van der Waals surface area contributed by atoms with Gasteiger partial charge in [-0.25, -0.2) is 0 Å². The summed E-state index contributed by atoms with van der Waals surface area (Å²) in [6.07, 6.45) is 1.03. The molecular weight excluding hydrogens is 232 g/mol. The Kier molecular flexibility index (Phi) is 6.22. The molecule has 0 unspecified atom stereocenters. The summed E-state index contributed by atoms with van der Waals surface area (Å²) < 4.78 is 0. The topological polar surface area (TPSA) is 41.1 Å². The number of hydrogen-bond acceptors (Lipinski definition) is 3. The molecule has 0 bridgehead atoms. The van der Waals surface area contributed by atoms with E-state index in [2.05, 4.69) is 42.9 Å². The molecule has 3 nitrogen and oxygen atoms in total. The van der Waals surface area contributed by atoms with Crippen LogP contribution in [0.25, 0.3) is 0 Å². The van der Waals surface area contributed by atoms with E-state index in [0.29, 0.717) is 12.5 Å². The van der Waals surface area contributed by atoms with E-state index in [9.17, 15) is 4.79 Å². The maximum atomic E-state index is 11.5. The first-order valence-electron chi connectivity index (χ1n) is 6.13. The van der Waals surface area contributed by atoms with E-state index in [1.54, 1.807) is 11.3 Å². The Morgan fingerprint density at radius 3 is 2.76 bits per heavy atom. The number of carbonyl (C=O) groups is 1. The van der Waals surface area contributed by atoms with Crippen LogP contribution in [0.3, 0.4) is 0 Å². The average molecular weight is 254 g/mol. The first-order valence-corrected chi connectivity index (χ1v) is 7.01. The summed E-state index contributed by atoms with van der Waals surface area (Å²) in [6.45, 7) is 7.54. The van der Waals surface area contributed by atoms with Gasteiger partial charge in [0.1, 0.15) is 0 Å². The van der Waals surface area contributed by atoms with Gasteiger partial charge in [0.25, 0.3) is 0 Å². The van der Waals surface area contributed by atoms with Crippen molar-refractivity contribution in [3.8, 4) is 0 Å². The van der Waals surface area contributed by atoms with E-state index in [1.165, 1.54) is 4.88 Å². The fourth-order valence-corrected chi connectivity index (χ4v) is 2.21. The molecule has 0 aliphatic heterocycles.